The summed E-state index contributed by atoms with van der Waals surface area (Å²) in [5, 5.41) is 24.9. The molecule has 2 aliphatic rings. The van der Waals surface area contributed by atoms with Crippen molar-refractivity contribution in [3.05, 3.63) is 107 Å². The predicted molar refractivity (Wildman–Crippen MR) is 306 cm³/mol. The first-order valence-electron chi connectivity index (χ1n) is 27.9. The number of fused-ring (bicyclic) bond motifs is 5. The van der Waals surface area contributed by atoms with Gasteiger partial charge in [-0.3, -0.25) is 38.4 Å². The third-order valence-electron chi connectivity index (χ3n) is 14.5. The molecule has 82 heavy (non-hydrogen) atoms. The summed E-state index contributed by atoms with van der Waals surface area (Å²) >= 11 is 0. The number of primary amides is 1. The normalized spacial score (nSPS) is 18.1. The highest BCUT2D eigenvalue weighted by atomic mass is 16.7. The van der Waals surface area contributed by atoms with Gasteiger partial charge in [0.05, 0.1) is 12.5 Å². The lowest BCUT2D eigenvalue weighted by Crippen LogP contribution is -2.61. The number of ether oxygens (including phenoxy) is 2. The fraction of sp³-hybridized carbons (Fsp3) is 0.450. The van der Waals surface area contributed by atoms with Crippen LogP contribution in [-0.2, 0) is 51.1 Å². The summed E-state index contributed by atoms with van der Waals surface area (Å²) < 4.78 is 11.0. The molecule has 1 fully saturated rings. The average molecular weight is 1130 g/mol. The largest absolute Gasteiger partial charge is 0.513 e. The Morgan fingerprint density at radius 3 is 2.21 bits per heavy atom. The number of amides is 8. The summed E-state index contributed by atoms with van der Waals surface area (Å²) in [5.74, 6) is -7.26. The molecule has 8 amide bonds. The van der Waals surface area contributed by atoms with Crippen LogP contribution < -0.4 is 48.5 Å². The maximum absolute atomic E-state index is 14.9. The lowest BCUT2D eigenvalue weighted by atomic mass is 9.93. The minimum absolute atomic E-state index is 0.00873. The molecule has 1 unspecified atom stereocenters. The average Bonchev–Trinajstić information content (AvgIpc) is 4.02. The lowest BCUT2D eigenvalue weighted by Gasteiger charge is -2.33. The van der Waals surface area contributed by atoms with Gasteiger partial charge < -0.3 is 68.2 Å². The maximum Gasteiger partial charge on any atom is 0.513 e. The number of carbonyl (C=O) groups excluding carboxylic acids is 9. The smallest absolute Gasteiger partial charge is 0.507 e. The number of phenols is 1. The number of aromatic hydroxyl groups is 1. The number of hydrogen-bond acceptors (Lipinski definition) is 14. The van der Waals surface area contributed by atoms with Gasteiger partial charge in [0.1, 0.15) is 41.7 Å². The standard InChI is InChI=1S/C60H78N10O12/c1-7-8-12-37-15-18-39(19-16-37)40-20-22-41(23-21-40)55(75)64-32-35(4)53(73)66-45(13-9-10-27-61)58(78)69(6)50-42-24-26-49(82-60(80)81-33-34(2)3)44(31-42)43-29-38(17-25-48(43)71)30-46(67-54(74)36(5)65-57(50)77)56(76)68-51(62)59(79)70-28-11-14-47(70)52(63)72/h15-26,29,31,34-36,45-47,50-51,71H,7-14,27-28,30,32-33,61-62H2,1-6H3,(H2,63,72)(H,64,75)(H,65,77)(H,66,73)(H,67,74)(H,68,76)/t35-,36+,45+,46+,47+,50?,51-/m1/s1. The second-order valence-corrected chi connectivity index (χ2v) is 21.4. The molecule has 0 aliphatic carbocycles. The van der Waals surface area contributed by atoms with Crippen molar-refractivity contribution in [2.75, 3.05) is 33.3 Å². The molecule has 0 spiro atoms. The lowest BCUT2D eigenvalue weighted by molar-refractivity contribution is -0.143. The number of carbonyl (C=O) groups is 9. The van der Waals surface area contributed by atoms with E-state index in [-0.39, 0.29) is 73.2 Å². The second kappa shape index (κ2) is 29.4. The number of benzene rings is 4. The van der Waals surface area contributed by atoms with Gasteiger partial charge in [-0.05, 0) is 129 Å². The van der Waals surface area contributed by atoms with Crippen molar-refractivity contribution >= 4 is 53.4 Å². The van der Waals surface area contributed by atoms with Crippen molar-refractivity contribution in [1.29, 1.82) is 0 Å². The minimum atomic E-state index is -1.66. The number of nitrogens with one attached hydrogen (secondary N) is 5. The molecule has 440 valence electrons. The number of hydrogen-bond donors (Lipinski definition) is 9. The zero-order valence-corrected chi connectivity index (χ0v) is 47.5. The molecule has 4 bridgehead atoms. The Bertz CT molecular complexity index is 2950. The maximum atomic E-state index is 14.9. The summed E-state index contributed by atoms with van der Waals surface area (Å²) in [6, 6.07) is 17.3. The molecule has 6 rings (SSSR count). The first-order chi connectivity index (χ1) is 39.1. The molecule has 1 saturated heterocycles. The highest BCUT2D eigenvalue weighted by Gasteiger charge is 2.39. The third-order valence-corrected chi connectivity index (χ3v) is 14.5. The van der Waals surface area contributed by atoms with E-state index in [0.717, 1.165) is 35.3 Å². The Morgan fingerprint density at radius 1 is 0.854 bits per heavy atom. The van der Waals surface area contributed by atoms with Crippen LogP contribution in [0, 0.1) is 11.8 Å². The Morgan fingerprint density at radius 2 is 1.55 bits per heavy atom. The Hall–Kier alpha value is -8.37. The third kappa shape index (κ3) is 16.6. The summed E-state index contributed by atoms with van der Waals surface area (Å²) in [6.45, 7) is 9.13. The zero-order chi connectivity index (χ0) is 59.8. The molecular formula is C60H78N10O12. The second-order valence-electron chi connectivity index (χ2n) is 21.4. The van der Waals surface area contributed by atoms with E-state index < -0.39 is 95.7 Å². The van der Waals surface area contributed by atoms with E-state index in [1.807, 2.05) is 26.0 Å². The van der Waals surface area contributed by atoms with E-state index in [4.69, 9.17) is 26.7 Å². The summed E-state index contributed by atoms with van der Waals surface area (Å²) in [6.07, 6.45) is 1.97. The number of likely N-dealkylation sites (tertiary alicyclic amines) is 1. The van der Waals surface area contributed by atoms with Gasteiger partial charge in [0.25, 0.3) is 11.8 Å². The molecule has 22 nitrogen and oxygen atoms in total. The van der Waals surface area contributed by atoms with E-state index in [1.165, 1.54) is 60.8 Å². The van der Waals surface area contributed by atoms with Gasteiger partial charge in [0.2, 0.25) is 35.4 Å². The van der Waals surface area contributed by atoms with Crippen LogP contribution in [0.5, 0.6) is 11.5 Å². The van der Waals surface area contributed by atoms with Crippen molar-refractivity contribution < 1.29 is 57.7 Å². The molecular weight excluding hydrogens is 1050 g/mol. The van der Waals surface area contributed by atoms with E-state index in [1.54, 1.807) is 19.1 Å². The number of likely N-dealkylation sites (N-methyl/N-ethyl adjacent to an activating group) is 1. The molecule has 0 saturated carbocycles. The van der Waals surface area contributed by atoms with Crippen LogP contribution in [-0.4, -0.2) is 132 Å². The number of aryl methyl sites for hydroxylation is 1. The molecule has 7 atom stereocenters. The van der Waals surface area contributed by atoms with Crippen LogP contribution >= 0.6 is 0 Å². The fourth-order valence-corrected chi connectivity index (χ4v) is 9.70. The van der Waals surface area contributed by atoms with Crippen LogP contribution in [0.2, 0.25) is 0 Å². The molecule has 4 aromatic rings. The Balaban J connectivity index is 1.28. The SMILES string of the molecule is CCCCc1ccc(-c2ccc(C(=O)NC[C@@H](C)C(=O)N[C@@H](CCCCN)C(=O)N(C)C3C(=O)N[C@@H](C)C(=O)N[C@H](C(=O)N[C@@H](N)C(=O)N4CCC[C@H]4C(N)=O)Cc4ccc(O)c(c4)-c4cc3ccc4OC(=O)OCC(C)C)cc2)cc1. The van der Waals surface area contributed by atoms with Crippen LogP contribution in [0.25, 0.3) is 22.3 Å². The quantitative estimate of drug-likeness (QED) is 0.0234. The molecule has 12 N–H and O–H groups in total. The predicted octanol–water partition coefficient (Wildman–Crippen LogP) is 3.84. The van der Waals surface area contributed by atoms with Gasteiger partial charge in [0.15, 0.2) is 6.17 Å². The highest BCUT2D eigenvalue weighted by Crippen LogP contribution is 2.40. The first-order valence-corrected chi connectivity index (χ1v) is 27.9. The van der Waals surface area contributed by atoms with E-state index in [0.29, 0.717) is 36.8 Å². The van der Waals surface area contributed by atoms with Crippen LogP contribution in [0.3, 0.4) is 0 Å². The fourth-order valence-electron chi connectivity index (χ4n) is 9.70. The summed E-state index contributed by atoms with van der Waals surface area (Å²) in [5.41, 5.74) is 21.7. The molecule has 4 aromatic carbocycles. The minimum Gasteiger partial charge on any atom is -0.507 e. The van der Waals surface area contributed by atoms with Crippen molar-refractivity contribution in [2.24, 2.45) is 29.0 Å². The van der Waals surface area contributed by atoms with Crippen molar-refractivity contribution in [1.82, 2.24) is 36.4 Å². The summed E-state index contributed by atoms with van der Waals surface area (Å²) in [7, 11) is 1.34. The Kier molecular flexibility index (Phi) is 22.5. The topological polar surface area (TPSA) is 337 Å². The van der Waals surface area contributed by atoms with Gasteiger partial charge in [-0.25, -0.2) is 4.79 Å². The van der Waals surface area contributed by atoms with Gasteiger partial charge in [-0.2, -0.15) is 0 Å². The number of nitrogens with two attached hydrogens (primary N) is 3. The molecule has 0 radical (unpaired) electrons. The van der Waals surface area contributed by atoms with Crippen molar-refractivity contribution in [3.8, 4) is 33.8 Å². The van der Waals surface area contributed by atoms with Gasteiger partial charge in [0, 0.05) is 43.2 Å². The Labute approximate surface area is 477 Å². The first kappa shape index (κ1) is 62.8. The van der Waals surface area contributed by atoms with Crippen LogP contribution in [0.1, 0.15) is 113 Å². The van der Waals surface area contributed by atoms with E-state index in [9.17, 15) is 48.3 Å². The number of nitrogens with zero attached hydrogens (tertiary/aromatic N) is 2. The van der Waals surface area contributed by atoms with Gasteiger partial charge >= 0.3 is 6.16 Å². The van der Waals surface area contributed by atoms with E-state index >= 15 is 0 Å². The highest BCUT2D eigenvalue weighted by molar-refractivity contribution is 5.98. The zero-order valence-electron chi connectivity index (χ0n) is 47.5. The number of unbranched alkanes of at least 4 members (excludes halogenated alkanes) is 2. The van der Waals surface area contributed by atoms with E-state index in [2.05, 4.69) is 57.8 Å². The monoisotopic (exact) mass is 1130 g/mol. The molecule has 2 aliphatic heterocycles. The van der Waals surface area contributed by atoms with Crippen LogP contribution in [0.15, 0.2) is 84.9 Å². The van der Waals surface area contributed by atoms with Gasteiger partial charge in [-0.1, -0.05) is 82.6 Å². The van der Waals surface area contributed by atoms with Gasteiger partial charge in [-0.15, -0.1) is 0 Å². The summed E-state index contributed by atoms with van der Waals surface area (Å²) in [4.78, 5) is 126. The number of rotatable bonds is 22. The van der Waals surface area contributed by atoms with Crippen molar-refractivity contribution in [3.63, 3.8) is 0 Å². The molecule has 22 heteroatoms. The number of phenolic OH excluding ortho intramolecular Hbond substituents is 1. The van der Waals surface area contributed by atoms with Crippen molar-refractivity contribution in [2.45, 2.75) is 129 Å². The van der Waals surface area contributed by atoms with Crippen LogP contribution in [0.4, 0.5) is 4.79 Å². The molecule has 2 heterocycles. The molecule has 0 aromatic heterocycles.